The van der Waals surface area contributed by atoms with Gasteiger partial charge in [-0.1, -0.05) is 0 Å². The summed E-state index contributed by atoms with van der Waals surface area (Å²) in [6, 6.07) is -4.09. The summed E-state index contributed by atoms with van der Waals surface area (Å²) in [6.45, 7) is -0.412. The number of amides is 5. The number of carbonyl (C=O) groups excluding carboxylic acids is 5. The van der Waals surface area contributed by atoms with Crippen molar-refractivity contribution < 1.29 is 33.9 Å². The summed E-state index contributed by atoms with van der Waals surface area (Å²) in [5, 5.41) is 15.6. The van der Waals surface area contributed by atoms with Crippen molar-refractivity contribution in [1.82, 2.24) is 16.0 Å². The van der Waals surface area contributed by atoms with Crippen molar-refractivity contribution >= 4 is 48.1 Å². The summed E-state index contributed by atoms with van der Waals surface area (Å²) in [4.78, 5) is 68.9. The lowest BCUT2D eigenvalue weighted by molar-refractivity contribution is -0.143. The molecular weight excluding hydrogens is 396 g/mol. The molecule has 0 aliphatic rings. The Bertz CT molecular complexity index is 629. The molecule has 0 aromatic carbocycles. The fourth-order valence-electron chi connectivity index (χ4n) is 1.95. The molecule has 0 fully saturated rings. The molecule has 28 heavy (non-hydrogen) atoms. The van der Waals surface area contributed by atoms with Crippen LogP contribution in [0.2, 0.25) is 0 Å². The lowest BCUT2D eigenvalue weighted by Gasteiger charge is -2.23. The van der Waals surface area contributed by atoms with Crippen molar-refractivity contribution in [3.05, 3.63) is 0 Å². The molecule has 14 heteroatoms. The van der Waals surface area contributed by atoms with Gasteiger partial charge in [0.1, 0.15) is 18.1 Å². The first-order valence-electron chi connectivity index (χ1n) is 8.02. The number of nitrogens with two attached hydrogens (primary N) is 3. The lowest BCUT2D eigenvalue weighted by atomic mass is 10.1. The Hall–Kier alpha value is -2.87. The molecule has 0 aromatic rings. The van der Waals surface area contributed by atoms with Gasteiger partial charge in [-0.3, -0.25) is 24.0 Å². The predicted molar refractivity (Wildman–Crippen MR) is 98.6 cm³/mol. The third-order valence-corrected chi connectivity index (χ3v) is 3.72. The minimum absolute atomic E-state index is 0.146. The number of primary amides is 2. The Morgan fingerprint density at radius 2 is 1.39 bits per heavy atom. The summed E-state index contributed by atoms with van der Waals surface area (Å²) < 4.78 is 0. The van der Waals surface area contributed by atoms with Crippen LogP contribution in [-0.4, -0.2) is 71.0 Å². The molecule has 0 spiro atoms. The normalized spacial score (nSPS) is 13.5. The number of carboxylic acid groups (broad SMARTS) is 1. The number of rotatable bonds is 13. The SMILES string of the molecule is NCC(=O)NC(CCC(N)=O)C(=O)NC(CS)C(=O)NC(CC(N)=O)C(=O)O. The molecule has 3 unspecified atom stereocenters. The van der Waals surface area contributed by atoms with Crippen molar-refractivity contribution in [3.63, 3.8) is 0 Å². The van der Waals surface area contributed by atoms with E-state index in [4.69, 9.17) is 22.3 Å². The van der Waals surface area contributed by atoms with Gasteiger partial charge < -0.3 is 38.3 Å². The summed E-state index contributed by atoms with van der Waals surface area (Å²) in [7, 11) is 0. The van der Waals surface area contributed by atoms with Crippen molar-refractivity contribution in [3.8, 4) is 0 Å². The van der Waals surface area contributed by atoms with Gasteiger partial charge in [0.15, 0.2) is 0 Å². The van der Waals surface area contributed by atoms with Gasteiger partial charge in [0.05, 0.1) is 13.0 Å². The van der Waals surface area contributed by atoms with Crippen LogP contribution in [0, 0.1) is 0 Å². The van der Waals surface area contributed by atoms with E-state index < -0.39 is 66.6 Å². The first-order chi connectivity index (χ1) is 13.0. The Morgan fingerprint density at radius 3 is 1.82 bits per heavy atom. The summed E-state index contributed by atoms with van der Waals surface area (Å²) in [5.41, 5.74) is 15.1. The molecular formula is C14H24N6O7S. The summed E-state index contributed by atoms with van der Waals surface area (Å²) >= 11 is 3.92. The van der Waals surface area contributed by atoms with Crippen LogP contribution in [0.15, 0.2) is 0 Å². The molecule has 0 radical (unpaired) electrons. The third kappa shape index (κ3) is 9.72. The van der Waals surface area contributed by atoms with Gasteiger partial charge in [-0.15, -0.1) is 0 Å². The first-order valence-corrected chi connectivity index (χ1v) is 8.65. The van der Waals surface area contributed by atoms with Crippen LogP contribution in [-0.2, 0) is 28.8 Å². The van der Waals surface area contributed by atoms with Crippen LogP contribution in [0.3, 0.4) is 0 Å². The molecule has 0 saturated carbocycles. The number of thiol groups is 1. The van der Waals surface area contributed by atoms with Gasteiger partial charge in [-0.05, 0) is 6.42 Å². The van der Waals surface area contributed by atoms with E-state index in [2.05, 4.69) is 28.6 Å². The van der Waals surface area contributed by atoms with E-state index in [1.807, 2.05) is 0 Å². The Kier molecular flexibility index (Phi) is 11.2. The van der Waals surface area contributed by atoms with Crippen LogP contribution in [0.4, 0.5) is 0 Å². The average molecular weight is 420 g/mol. The highest BCUT2D eigenvalue weighted by molar-refractivity contribution is 7.80. The average Bonchev–Trinajstić information content (AvgIpc) is 2.61. The maximum Gasteiger partial charge on any atom is 0.326 e. The van der Waals surface area contributed by atoms with Gasteiger partial charge >= 0.3 is 5.97 Å². The van der Waals surface area contributed by atoms with Crippen molar-refractivity contribution in [2.24, 2.45) is 17.2 Å². The number of nitrogens with one attached hydrogen (secondary N) is 3. The highest BCUT2D eigenvalue weighted by Gasteiger charge is 2.29. The zero-order valence-corrected chi connectivity index (χ0v) is 15.7. The predicted octanol–water partition coefficient (Wildman–Crippen LogP) is -4.45. The molecule has 3 atom stereocenters. The number of carboxylic acids is 1. The molecule has 0 aromatic heterocycles. The van der Waals surface area contributed by atoms with Crippen LogP contribution < -0.4 is 33.2 Å². The molecule has 0 rings (SSSR count). The second-order valence-corrected chi connectivity index (χ2v) is 6.01. The monoisotopic (exact) mass is 420 g/mol. The lowest BCUT2D eigenvalue weighted by Crippen LogP contribution is -2.57. The van der Waals surface area contributed by atoms with Crippen LogP contribution in [0.1, 0.15) is 19.3 Å². The number of hydrogen-bond donors (Lipinski definition) is 8. The van der Waals surface area contributed by atoms with Gasteiger partial charge in [-0.25, -0.2) is 4.79 Å². The van der Waals surface area contributed by atoms with E-state index in [0.29, 0.717) is 0 Å². The summed E-state index contributed by atoms with van der Waals surface area (Å²) in [5.74, 6) is -5.83. The smallest absolute Gasteiger partial charge is 0.326 e. The second-order valence-electron chi connectivity index (χ2n) is 5.64. The van der Waals surface area contributed by atoms with Crippen LogP contribution >= 0.6 is 12.6 Å². The highest BCUT2D eigenvalue weighted by atomic mass is 32.1. The van der Waals surface area contributed by atoms with Crippen LogP contribution in [0.5, 0.6) is 0 Å². The zero-order chi connectivity index (χ0) is 21.9. The minimum Gasteiger partial charge on any atom is -0.480 e. The minimum atomic E-state index is -1.59. The van der Waals surface area contributed by atoms with Gasteiger partial charge in [0.2, 0.25) is 29.5 Å². The number of hydrogen-bond acceptors (Lipinski definition) is 8. The Balaban J connectivity index is 5.13. The molecule has 0 heterocycles. The number of carbonyl (C=O) groups is 6. The molecule has 0 aliphatic carbocycles. The molecule has 0 saturated heterocycles. The maximum absolute atomic E-state index is 12.4. The van der Waals surface area contributed by atoms with Crippen molar-refractivity contribution in [2.45, 2.75) is 37.4 Å². The molecule has 0 bridgehead atoms. The largest absolute Gasteiger partial charge is 0.480 e. The van der Waals surface area contributed by atoms with Crippen LogP contribution in [0.25, 0.3) is 0 Å². The molecule has 5 amide bonds. The van der Waals surface area contributed by atoms with E-state index in [1.165, 1.54) is 0 Å². The van der Waals surface area contributed by atoms with E-state index in [1.54, 1.807) is 0 Å². The number of aliphatic carboxylic acids is 1. The van der Waals surface area contributed by atoms with E-state index in [0.717, 1.165) is 0 Å². The summed E-state index contributed by atoms with van der Waals surface area (Å²) in [6.07, 6.45) is -1.02. The molecule has 10 N–H and O–H groups in total. The molecule has 158 valence electrons. The fraction of sp³-hybridized carbons (Fsp3) is 0.571. The Labute approximate surface area is 165 Å². The second kappa shape index (κ2) is 12.5. The fourth-order valence-corrected chi connectivity index (χ4v) is 2.21. The van der Waals surface area contributed by atoms with Crippen molar-refractivity contribution in [1.29, 1.82) is 0 Å². The molecule has 13 nitrogen and oxygen atoms in total. The van der Waals surface area contributed by atoms with Gasteiger partial charge in [0.25, 0.3) is 0 Å². The zero-order valence-electron chi connectivity index (χ0n) is 14.8. The van der Waals surface area contributed by atoms with Gasteiger partial charge in [0, 0.05) is 12.2 Å². The highest BCUT2D eigenvalue weighted by Crippen LogP contribution is 2.01. The first kappa shape index (κ1) is 25.1. The van der Waals surface area contributed by atoms with E-state index in [9.17, 15) is 28.8 Å². The van der Waals surface area contributed by atoms with E-state index >= 15 is 0 Å². The Morgan fingerprint density at radius 1 is 0.857 bits per heavy atom. The molecule has 0 aliphatic heterocycles. The van der Waals surface area contributed by atoms with E-state index in [-0.39, 0.29) is 18.6 Å². The standard InChI is InChI=1S/C14H24N6O7S/c15-4-11(23)18-6(1-2-9(16)21)12(24)20-8(5-28)13(25)19-7(14(26)27)3-10(17)22/h6-8,28H,1-5,15H2,(H2,16,21)(H2,17,22)(H,18,23)(H,19,25)(H,20,24)(H,26,27). The maximum atomic E-state index is 12.4. The van der Waals surface area contributed by atoms with Crippen molar-refractivity contribution in [2.75, 3.05) is 12.3 Å². The topological polar surface area (TPSA) is 237 Å². The van der Waals surface area contributed by atoms with Gasteiger partial charge in [-0.2, -0.15) is 12.6 Å². The third-order valence-electron chi connectivity index (χ3n) is 3.35. The quantitative estimate of drug-likeness (QED) is 0.135.